The van der Waals surface area contributed by atoms with Gasteiger partial charge in [0.15, 0.2) is 18.0 Å². The zero-order chi connectivity index (χ0) is 29.4. The van der Waals surface area contributed by atoms with Crippen molar-refractivity contribution in [2.45, 2.75) is 64.8 Å². The number of phenolic OH excluding ortho intramolecular Hbond substituents is 1. The van der Waals surface area contributed by atoms with E-state index < -0.39 is 61.2 Å². The molecule has 2 aromatic carbocycles. The van der Waals surface area contributed by atoms with Crippen LogP contribution in [-0.4, -0.2) is 72.1 Å². The Labute approximate surface area is 230 Å². The molecule has 0 spiro atoms. The van der Waals surface area contributed by atoms with Crippen LogP contribution in [0.5, 0.6) is 11.5 Å². The second-order valence-corrected chi connectivity index (χ2v) is 8.95. The minimum Gasteiger partial charge on any atom is -0.507 e. The van der Waals surface area contributed by atoms with Crippen LogP contribution >= 0.6 is 0 Å². The Kier molecular flexibility index (Phi) is 10.2. The average molecular weight is 559 g/mol. The molecule has 0 radical (unpaired) electrons. The van der Waals surface area contributed by atoms with Gasteiger partial charge in [-0.2, -0.15) is 0 Å². The summed E-state index contributed by atoms with van der Waals surface area (Å²) in [5.74, 6) is -3.69. The Morgan fingerprint density at radius 1 is 0.775 bits per heavy atom. The average Bonchev–Trinajstić information content (AvgIpc) is 2.86. The molecular weight excluding hydrogens is 528 g/mol. The number of carbonyl (C=O) groups is 5. The number of rotatable bonds is 10. The number of hydrogen-bond donors (Lipinski definition) is 1. The summed E-state index contributed by atoms with van der Waals surface area (Å²) in [7, 11) is 0. The van der Waals surface area contributed by atoms with Crippen molar-refractivity contribution in [3.63, 3.8) is 0 Å². The fourth-order valence-electron chi connectivity index (χ4n) is 4.11. The van der Waals surface area contributed by atoms with E-state index in [4.69, 9.17) is 28.4 Å². The summed E-state index contributed by atoms with van der Waals surface area (Å²) in [5.41, 5.74) is 0.822. The van der Waals surface area contributed by atoms with Gasteiger partial charge in [0.05, 0.1) is 5.56 Å². The number of ketones is 1. The molecule has 5 atom stereocenters. The quantitative estimate of drug-likeness (QED) is 0.258. The van der Waals surface area contributed by atoms with Crippen LogP contribution in [0.15, 0.2) is 48.5 Å². The third kappa shape index (κ3) is 8.27. The highest BCUT2D eigenvalue weighted by Crippen LogP contribution is 2.32. The van der Waals surface area contributed by atoms with E-state index in [-0.39, 0.29) is 29.3 Å². The van der Waals surface area contributed by atoms with Gasteiger partial charge in [0.2, 0.25) is 12.4 Å². The van der Waals surface area contributed by atoms with Gasteiger partial charge in [-0.25, -0.2) is 0 Å². The Hall–Kier alpha value is -4.45. The van der Waals surface area contributed by atoms with Crippen LogP contribution in [0.3, 0.4) is 0 Å². The van der Waals surface area contributed by atoms with Gasteiger partial charge in [0.25, 0.3) is 0 Å². The van der Waals surface area contributed by atoms with Gasteiger partial charge in [-0.15, -0.1) is 0 Å². The smallest absolute Gasteiger partial charge is 0.303 e. The number of aromatic hydroxyl groups is 1. The van der Waals surface area contributed by atoms with Gasteiger partial charge < -0.3 is 33.5 Å². The van der Waals surface area contributed by atoms with Gasteiger partial charge in [0, 0.05) is 40.2 Å². The maximum Gasteiger partial charge on any atom is 0.303 e. The first-order valence-corrected chi connectivity index (χ1v) is 12.3. The number of esters is 4. The number of benzene rings is 2. The normalized spacial score (nSPS) is 21.9. The number of hydrogen-bond acceptors (Lipinski definition) is 12. The highest BCUT2D eigenvalue weighted by Gasteiger charge is 2.53. The van der Waals surface area contributed by atoms with Gasteiger partial charge in [0.1, 0.15) is 24.2 Å². The molecule has 0 saturated carbocycles. The molecule has 0 bridgehead atoms. The lowest BCUT2D eigenvalue weighted by Crippen LogP contribution is -2.63. The van der Waals surface area contributed by atoms with E-state index in [1.807, 2.05) is 6.07 Å². The number of ether oxygens (including phenoxy) is 6. The summed E-state index contributed by atoms with van der Waals surface area (Å²) >= 11 is 0. The second kappa shape index (κ2) is 13.6. The zero-order valence-corrected chi connectivity index (χ0v) is 22.4. The molecule has 1 heterocycles. The topological polar surface area (TPSA) is 161 Å². The van der Waals surface area contributed by atoms with Crippen LogP contribution in [-0.2, 0) is 49.3 Å². The number of phenols is 1. The molecule has 40 heavy (non-hydrogen) atoms. The number of Topliss-reactive ketones (excluding diaryl/α,β-unsaturated/α-hetero) is 1. The summed E-state index contributed by atoms with van der Waals surface area (Å²) in [6, 6.07) is 12.9. The first kappa shape index (κ1) is 30.1. The third-order valence-electron chi connectivity index (χ3n) is 5.68. The van der Waals surface area contributed by atoms with Crippen molar-refractivity contribution in [2.75, 3.05) is 6.61 Å². The van der Waals surface area contributed by atoms with E-state index in [1.54, 1.807) is 24.3 Å². The Balaban J connectivity index is 1.91. The van der Waals surface area contributed by atoms with Crippen LogP contribution in [0.4, 0.5) is 0 Å². The fourth-order valence-corrected chi connectivity index (χ4v) is 4.11. The highest BCUT2D eigenvalue weighted by molar-refractivity contribution is 6.00. The minimum atomic E-state index is -1.48. The van der Waals surface area contributed by atoms with E-state index >= 15 is 0 Å². The Morgan fingerprint density at radius 2 is 1.38 bits per heavy atom. The van der Waals surface area contributed by atoms with Crippen molar-refractivity contribution < 1.29 is 57.5 Å². The van der Waals surface area contributed by atoms with Crippen LogP contribution < -0.4 is 4.74 Å². The van der Waals surface area contributed by atoms with E-state index in [2.05, 4.69) is 0 Å². The van der Waals surface area contributed by atoms with E-state index in [0.717, 1.165) is 33.3 Å². The van der Waals surface area contributed by atoms with Gasteiger partial charge in [-0.3, -0.25) is 24.0 Å². The van der Waals surface area contributed by atoms with E-state index in [9.17, 15) is 29.1 Å². The minimum absolute atomic E-state index is 0.00895. The van der Waals surface area contributed by atoms with Crippen LogP contribution in [0.25, 0.3) is 0 Å². The van der Waals surface area contributed by atoms with Crippen molar-refractivity contribution in [3.05, 3.63) is 59.7 Å². The van der Waals surface area contributed by atoms with Crippen LogP contribution in [0, 0.1) is 0 Å². The van der Waals surface area contributed by atoms with Gasteiger partial charge in [-0.05, 0) is 17.7 Å². The molecule has 214 valence electrons. The molecule has 1 aliphatic rings. The first-order valence-electron chi connectivity index (χ1n) is 12.3. The van der Waals surface area contributed by atoms with Gasteiger partial charge in [-0.1, -0.05) is 30.3 Å². The Morgan fingerprint density at radius 3 is 1.95 bits per heavy atom. The lowest BCUT2D eigenvalue weighted by Gasteiger charge is -2.43. The van der Waals surface area contributed by atoms with Crippen molar-refractivity contribution in [3.8, 4) is 11.5 Å². The SMILES string of the molecule is CC(=O)OC[C@@H]1O[C@@H](Oc2ccc(C(=O)Cc3ccccc3)c(O)c2)[C@H](OC(C)=O)[C@@H](OC(C)=O)[C@@H]1OC(C)=O. The summed E-state index contributed by atoms with van der Waals surface area (Å²) in [6.07, 6.45) is -6.81. The molecule has 1 N–H and O–H groups in total. The maximum absolute atomic E-state index is 12.7. The molecule has 0 aromatic heterocycles. The summed E-state index contributed by atoms with van der Waals surface area (Å²) in [4.78, 5) is 60.0. The third-order valence-corrected chi connectivity index (χ3v) is 5.68. The zero-order valence-electron chi connectivity index (χ0n) is 22.4. The second-order valence-electron chi connectivity index (χ2n) is 8.95. The predicted molar refractivity (Wildman–Crippen MR) is 135 cm³/mol. The highest BCUT2D eigenvalue weighted by atomic mass is 16.7. The Bertz CT molecular complexity index is 1240. The van der Waals surface area contributed by atoms with Crippen LogP contribution in [0.1, 0.15) is 43.6 Å². The van der Waals surface area contributed by atoms with E-state index in [1.165, 1.54) is 18.2 Å². The lowest BCUT2D eigenvalue weighted by atomic mass is 9.98. The summed E-state index contributed by atoms with van der Waals surface area (Å²) in [6.45, 7) is 4.06. The molecule has 1 saturated heterocycles. The molecule has 2 aromatic rings. The molecule has 0 amide bonds. The molecule has 1 fully saturated rings. The molecule has 0 unspecified atom stereocenters. The monoisotopic (exact) mass is 558 g/mol. The van der Waals surface area contributed by atoms with Crippen molar-refractivity contribution in [1.82, 2.24) is 0 Å². The summed E-state index contributed by atoms with van der Waals surface area (Å²) in [5, 5.41) is 10.6. The van der Waals surface area contributed by atoms with Crippen molar-refractivity contribution >= 4 is 29.7 Å². The fraction of sp³-hybridized carbons (Fsp3) is 0.393. The standard InChI is InChI=1S/C28H30O12/c1-15(29)35-14-24-25(36-16(2)30)26(37-17(3)31)27(38-18(4)32)28(40-24)39-20-10-11-21(23(34)13-20)22(33)12-19-8-6-5-7-9-19/h5-11,13,24-28,34H,12,14H2,1-4H3/t24-,25+,26-,27+,28+/m0/s1. The molecular formula is C28H30O12. The van der Waals surface area contributed by atoms with E-state index in [0.29, 0.717) is 0 Å². The molecule has 1 aliphatic heterocycles. The largest absolute Gasteiger partial charge is 0.507 e. The van der Waals surface area contributed by atoms with Crippen molar-refractivity contribution in [1.29, 1.82) is 0 Å². The predicted octanol–water partition coefficient (Wildman–Crippen LogP) is 2.28. The maximum atomic E-state index is 12.7. The molecule has 12 nitrogen and oxygen atoms in total. The number of carbonyl (C=O) groups excluding carboxylic acids is 5. The molecule has 3 rings (SSSR count). The molecule has 12 heteroatoms. The molecule has 0 aliphatic carbocycles. The van der Waals surface area contributed by atoms with Gasteiger partial charge >= 0.3 is 23.9 Å². The van der Waals surface area contributed by atoms with Crippen molar-refractivity contribution in [2.24, 2.45) is 0 Å². The van der Waals surface area contributed by atoms with Crippen LogP contribution in [0.2, 0.25) is 0 Å². The summed E-state index contributed by atoms with van der Waals surface area (Å²) < 4.78 is 32.8. The first-order chi connectivity index (χ1) is 18.9. The lowest BCUT2D eigenvalue weighted by molar-refractivity contribution is -0.288.